The van der Waals surface area contributed by atoms with Crippen LogP contribution in [-0.4, -0.2) is 87.5 Å². The zero-order chi connectivity index (χ0) is 38.1. The van der Waals surface area contributed by atoms with Crippen molar-refractivity contribution in [1.29, 1.82) is 0 Å². The van der Waals surface area contributed by atoms with Gasteiger partial charge in [0.25, 0.3) is 5.91 Å². The fourth-order valence-corrected chi connectivity index (χ4v) is 8.01. The van der Waals surface area contributed by atoms with Gasteiger partial charge in [0, 0.05) is 34.3 Å². The van der Waals surface area contributed by atoms with Crippen LogP contribution in [0.4, 0.5) is 0 Å². The summed E-state index contributed by atoms with van der Waals surface area (Å²) in [6, 6.07) is 6.85. The molecular formula is C38H47ClN6O7S. The van der Waals surface area contributed by atoms with Crippen LogP contribution in [0.1, 0.15) is 83.1 Å². The number of hydroxylamine groups is 1. The summed E-state index contributed by atoms with van der Waals surface area (Å²) in [7, 11) is 0. The molecule has 13 nitrogen and oxygen atoms in total. The molecule has 2 saturated heterocycles. The van der Waals surface area contributed by atoms with Crippen molar-refractivity contribution in [1.82, 2.24) is 31.2 Å². The molecule has 5 atom stereocenters. The molecule has 5 amide bonds. The Kier molecular flexibility index (Phi) is 11.3. The van der Waals surface area contributed by atoms with E-state index in [2.05, 4.69) is 21.4 Å². The molecule has 6 rings (SSSR count). The Bertz CT molecular complexity index is 1790. The predicted molar refractivity (Wildman–Crippen MR) is 199 cm³/mol. The minimum atomic E-state index is -1.15. The van der Waals surface area contributed by atoms with E-state index in [9.17, 15) is 28.8 Å². The number of nitrogens with zero attached hydrogens (tertiary/aromatic N) is 2. The molecule has 2 aromatic rings. The van der Waals surface area contributed by atoms with Crippen LogP contribution in [0, 0.1) is 5.41 Å². The average molecular weight is 767 g/mol. The molecule has 1 aromatic heterocycles. The fourth-order valence-electron chi connectivity index (χ4n) is 7.12. The van der Waals surface area contributed by atoms with E-state index in [-0.39, 0.29) is 37.8 Å². The molecule has 1 saturated carbocycles. The maximum absolute atomic E-state index is 14.8. The third-order valence-corrected chi connectivity index (χ3v) is 11.2. The molecule has 284 valence electrons. The number of likely N-dealkylation sites (tertiary alicyclic amines) is 2. The molecule has 4 heterocycles. The van der Waals surface area contributed by atoms with Crippen molar-refractivity contribution >= 4 is 64.0 Å². The van der Waals surface area contributed by atoms with Gasteiger partial charge in [0.05, 0.1) is 24.8 Å². The van der Waals surface area contributed by atoms with E-state index in [0.717, 1.165) is 23.3 Å². The summed E-state index contributed by atoms with van der Waals surface area (Å²) in [5.74, 6) is -3.20. The summed E-state index contributed by atoms with van der Waals surface area (Å²) in [4.78, 5) is 91.9. The summed E-state index contributed by atoms with van der Waals surface area (Å²) >= 11 is 7.76. The highest BCUT2D eigenvalue weighted by Crippen LogP contribution is 2.39. The second-order valence-electron chi connectivity index (χ2n) is 15.4. The van der Waals surface area contributed by atoms with E-state index < -0.39 is 64.6 Å². The van der Waals surface area contributed by atoms with E-state index in [1.54, 1.807) is 23.1 Å². The van der Waals surface area contributed by atoms with Crippen molar-refractivity contribution in [2.45, 2.75) is 115 Å². The Balaban J connectivity index is 1.27. The van der Waals surface area contributed by atoms with E-state index in [1.807, 2.05) is 57.4 Å². The van der Waals surface area contributed by atoms with E-state index >= 15 is 0 Å². The van der Waals surface area contributed by atoms with Crippen molar-refractivity contribution < 1.29 is 33.6 Å². The van der Waals surface area contributed by atoms with Crippen LogP contribution in [0.3, 0.4) is 0 Å². The van der Waals surface area contributed by atoms with Gasteiger partial charge in [-0.3, -0.25) is 39.1 Å². The van der Waals surface area contributed by atoms with E-state index in [1.165, 1.54) is 16.2 Å². The number of carbonyl (C=O) groups excluding carboxylic acids is 6. The van der Waals surface area contributed by atoms with Gasteiger partial charge in [0.15, 0.2) is 0 Å². The van der Waals surface area contributed by atoms with Gasteiger partial charge in [-0.15, -0.1) is 11.3 Å². The van der Waals surface area contributed by atoms with Gasteiger partial charge in [-0.25, -0.2) is 0 Å². The fraction of sp³-hybridized carbons (Fsp3) is 0.526. The van der Waals surface area contributed by atoms with Gasteiger partial charge in [-0.2, -0.15) is 0 Å². The summed E-state index contributed by atoms with van der Waals surface area (Å²) in [5, 5.41) is 10.9. The monoisotopic (exact) mass is 766 g/mol. The highest BCUT2D eigenvalue weighted by atomic mass is 35.5. The maximum atomic E-state index is 14.8. The smallest absolute Gasteiger partial charge is 0.289 e. The normalized spacial score (nSPS) is 23.7. The predicted octanol–water partition coefficient (Wildman–Crippen LogP) is 3.47. The zero-order valence-electron chi connectivity index (χ0n) is 30.4. The van der Waals surface area contributed by atoms with Gasteiger partial charge < -0.3 is 25.8 Å². The van der Waals surface area contributed by atoms with Gasteiger partial charge in [-0.05, 0) is 60.8 Å². The van der Waals surface area contributed by atoms with Crippen LogP contribution in [0.15, 0.2) is 47.9 Å². The number of nitrogens with one attached hydrogen (secondary N) is 4. The Hall–Kier alpha value is -4.27. The number of ketones is 1. The highest BCUT2D eigenvalue weighted by Gasteiger charge is 2.54. The molecule has 1 spiro atoms. The van der Waals surface area contributed by atoms with Crippen LogP contribution in [0.2, 0.25) is 5.02 Å². The summed E-state index contributed by atoms with van der Waals surface area (Å²) in [6.07, 6.45) is 4.74. The molecule has 4 N–H and O–H groups in total. The Morgan fingerprint density at radius 2 is 1.81 bits per heavy atom. The Labute approximate surface area is 318 Å². The molecule has 53 heavy (non-hydrogen) atoms. The maximum Gasteiger partial charge on any atom is 0.289 e. The second-order valence-corrected chi connectivity index (χ2v) is 16.9. The molecule has 1 aromatic carbocycles. The molecule has 0 unspecified atom stereocenters. The lowest BCUT2D eigenvalue weighted by Gasteiger charge is -2.36. The van der Waals surface area contributed by atoms with Crippen molar-refractivity contribution in [2.24, 2.45) is 5.41 Å². The average Bonchev–Trinajstić information content (AvgIpc) is 3.46. The van der Waals surface area contributed by atoms with Crippen LogP contribution < -0.4 is 21.4 Å². The first-order valence-corrected chi connectivity index (χ1v) is 19.4. The number of amides is 5. The van der Waals surface area contributed by atoms with Crippen LogP contribution >= 0.6 is 22.9 Å². The highest BCUT2D eigenvalue weighted by molar-refractivity contribution is 7.09. The number of rotatable bonds is 13. The molecule has 0 radical (unpaired) electrons. The molecule has 15 heteroatoms. The number of carbonyl (C=O) groups is 6. The minimum Gasteiger partial charge on any atom is -0.347 e. The zero-order valence-corrected chi connectivity index (χ0v) is 32.0. The molecule has 4 aliphatic rings. The van der Waals surface area contributed by atoms with Crippen molar-refractivity contribution in [3.63, 3.8) is 0 Å². The molecule has 1 aliphatic carbocycles. The quantitative estimate of drug-likeness (QED) is 0.225. The summed E-state index contributed by atoms with van der Waals surface area (Å²) in [5.41, 5.74) is 2.33. The summed E-state index contributed by atoms with van der Waals surface area (Å²) in [6.45, 7) is 7.55. The SMILES string of the molecule is CCC[C@H](NC(=O)[C@@H]1C[C@]2(C=C(c3cccc(Cl)c3)NO2)CN1C(=O)[C@@H](NC(=O)[C@@H]1CCC(=O)N1Cc1cccs1)C(C)(C)C)C(=O)C(=O)NC1CC1. The number of benzene rings is 1. The lowest BCUT2D eigenvalue weighted by molar-refractivity contribution is -0.146. The van der Waals surface area contributed by atoms with Crippen LogP contribution in [-0.2, 0) is 40.1 Å². The molecule has 3 aliphatic heterocycles. The lowest BCUT2D eigenvalue weighted by Crippen LogP contribution is -2.60. The summed E-state index contributed by atoms with van der Waals surface area (Å²) < 4.78 is 0. The second kappa shape index (κ2) is 15.6. The van der Waals surface area contributed by atoms with Gasteiger partial charge in [0.2, 0.25) is 29.4 Å². The van der Waals surface area contributed by atoms with Gasteiger partial charge in [0.1, 0.15) is 23.7 Å². The molecule has 0 bridgehead atoms. The van der Waals surface area contributed by atoms with Crippen molar-refractivity contribution in [3.05, 3.63) is 63.3 Å². The van der Waals surface area contributed by atoms with E-state index in [4.69, 9.17) is 16.4 Å². The molecular weight excluding hydrogens is 720 g/mol. The van der Waals surface area contributed by atoms with Gasteiger partial charge in [-0.1, -0.05) is 63.9 Å². The third kappa shape index (κ3) is 8.76. The third-order valence-electron chi connectivity index (χ3n) is 10.1. The largest absolute Gasteiger partial charge is 0.347 e. The Morgan fingerprint density at radius 1 is 1.06 bits per heavy atom. The van der Waals surface area contributed by atoms with E-state index in [0.29, 0.717) is 30.1 Å². The minimum absolute atomic E-state index is 0.0273. The number of hydrogen-bond acceptors (Lipinski definition) is 9. The number of Topliss-reactive ketones (excluding diaryl/α,β-unsaturated/α-hetero) is 1. The number of thiophene rings is 1. The first-order valence-electron chi connectivity index (χ1n) is 18.2. The van der Waals surface area contributed by atoms with Crippen molar-refractivity contribution in [2.75, 3.05) is 6.54 Å². The first-order chi connectivity index (χ1) is 25.2. The lowest BCUT2D eigenvalue weighted by atomic mass is 9.85. The number of hydrogen-bond donors (Lipinski definition) is 4. The first kappa shape index (κ1) is 38.5. The topological polar surface area (TPSA) is 166 Å². The van der Waals surface area contributed by atoms with Crippen LogP contribution in [0.5, 0.6) is 0 Å². The molecule has 3 fully saturated rings. The number of halogens is 1. The Morgan fingerprint density at radius 3 is 2.47 bits per heavy atom. The van der Waals surface area contributed by atoms with Gasteiger partial charge >= 0.3 is 0 Å². The van der Waals surface area contributed by atoms with Crippen molar-refractivity contribution in [3.8, 4) is 0 Å². The van der Waals surface area contributed by atoms with Crippen LogP contribution in [0.25, 0.3) is 5.70 Å². The standard InChI is InChI=1S/C38H47ClN6O7S/c1-5-8-26(31(47)35(50)40-24-12-13-24)41-34(49)29-19-38(18-27(43-52-38)22-9-6-10-23(39)17-22)21-45(29)36(51)32(37(2,3)4)42-33(48)28-14-15-30(46)44(28)20-25-11-7-16-53-25/h6-7,9-11,16-18,24,26,28-29,32,43H,5,8,12-15,19-21H2,1-4H3,(H,40,50)(H,41,49)(H,42,48)/t26-,28-,29-,32+,38+/m0/s1.